The van der Waals surface area contributed by atoms with Crippen LogP contribution in [0.25, 0.3) is 0 Å². The number of nitrogens with one attached hydrogen (secondary N) is 1. The molecule has 2 aromatic carbocycles. The Balaban J connectivity index is 2.12. The van der Waals surface area contributed by atoms with Crippen molar-refractivity contribution < 1.29 is 4.39 Å². The fourth-order valence-corrected chi connectivity index (χ4v) is 2.24. The molecule has 4 heteroatoms. The van der Waals surface area contributed by atoms with Crippen molar-refractivity contribution in [3.63, 3.8) is 0 Å². The van der Waals surface area contributed by atoms with Gasteiger partial charge in [0.1, 0.15) is 5.82 Å². The number of anilines is 1. The molecule has 0 saturated carbocycles. The summed E-state index contributed by atoms with van der Waals surface area (Å²) in [5.74, 6) is -0.244. The molecule has 0 aliphatic rings. The highest BCUT2D eigenvalue weighted by molar-refractivity contribution is 6.30. The zero-order chi connectivity index (χ0) is 14.5. The Bertz CT molecular complexity index is 584. The molecule has 0 bridgehead atoms. The van der Waals surface area contributed by atoms with Crippen LogP contribution in [0, 0.1) is 5.82 Å². The Morgan fingerprint density at radius 1 is 1.10 bits per heavy atom. The molecule has 2 aromatic rings. The maximum Gasteiger partial charge on any atom is 0.128 e. The summed E-state index contributed by atoms with van der Waals surface area (Å²) in [6.07, 6.45) is 0. The minimum atomic E-state index is -0.244. The van der Waals surface area contributed by atoms with E-state index in [0.717, 1.165) is 12.2 Å². The van der Waals surface area contributed by atoms with E-state index in [1.807, 2.05) is 32.3 Å². The van der Waals surface area contributed by atoms with Crippen molar-refractivity contribution in [1.29, 1.82) is 0 Å². The fraction of sp³-hybridized carbons (Fsp3) is 0.250. The van der Waals surface area contributed by atoms with E-state index in [0.29, 0.717) is 17.1 Å². The average Bonchev–Trinajstić information content (AvgIpc) is 2.41. The molecule has 20 heavy (non-hydrogen) atoms. The Kier molecular flexibility index (Phi) is 4.99. The number of rotatable bonds is 5. The monoisotopic (exact) mass is 292 g/mol. The molecule has 0 unspecified atom stereocenters. The number of para-hydroxylation sites is 1. The standard InChI is InChI=1S/C16H18ClFN2/c1-20(2)11-12-5-3-4-6-16(12)19-10-13-9-14(17)7-8-15(13)18/h3-9,19H,10-11H2,1-2H3. The van der Waals surface area contributed by atoms with Gasteiger partial charge in [0.25, 0.3) is 0 Å². The summed E-state index contributed by atoms with van der Waals surface area (Å²) in [6, 6.07) is 12.6. The van der Waals surface area contributed by atoms with Crippen molar-refractivity contribution in [3.8, 4) is 0 Å². The molecule has 0 fully saturated rings. The van der Waals surface area contributed by atoms with E-state index in [1.165, 1.54) is 11.6 Å². The number of hydrogen-bond donors (Lipinski definition) is 1. The summed E-state index contributed by atoms with van der Waals surface area (Å²) in [4.78, 5) is 2.10. The van der Waals surface area contributed by atoms with Crippen LogP contribution in [0.1, 0.15) is 11.1 Å². The van der Waals surface area contributed by atoms with E-state index in [1.54, 1.807) is 12.1 Å². The molecule has 0 aliphatic heterocycles. The van der Waals surface area contributed by atoms with Gasteiger partial charge in [-0.05, 0) is 43.9 Å². The number of halogens is 2. The molecular weight excluding hydrogens is 275 g/mol. The van der Waals surface area contributed by atoms with E-state index in [2.05, 4.69) is 16.3 Å². The molecule has 106 valence electrons. The first-order valence-electron chi connectivity index (χ1n) is 6.46. The second-order valence-electron chi connectivity index (χ2n) is 4.98. The minimum Gasteiger partial charge on any atom is -0.381 e. The largest absolute Gasteiger partial charge is 0.381 e. The molecule has 2 rings (SSSR count). The highest BCUT2D eigenvalue weighted by Crippen LogP contribution is 2.20. The molecule has 0 radical (unpaired) electrons. The van der Waals surface area contributed by atoms with Gasteiger partial charge in [-0.25, -0.2) is 4.39 Å². The van der Waals surface area contributed by atoms with Crippen LogP contribution in [0.15, 0.2) is 42.5 Å². The second-order valence-corrected chi connectivity index (χ2v) is 5.42. The van der Waals surface area contributed by atoms with Crippen LogP contribution in [0.4, 0.5) is 10.1 Å². The highest BCUT2D eigenvalue weighted by Gasteiger charge is 2.06. The van der Waals surface area contributed by atoms with Crippen molar-refractivity contribution in [2.24, 2.45) is 0 Å². The van der Waals surface area contributed by atoms with Crippen LogP contribution >= 0.6 is 11.6 Å². The van der Waals surface area contributed by atoms with Gasteiger partial charge >= 0.3 is 0 Å². The predicted molar refractivity (Wildman–Crippen MR) is 82.6 cm³/mol. The molecule has 0 aliphatic carbocycles. The van der Waals surface area contributed by atoms with Gasteiger partial charge in [-0.3, -0.25) is 0 Å². The molecule has 0 heterocycles. The minimum absolute atomic E-state index is 0.244. The normalized spacial score (nSPS) is 10.8. The third-order valence-corrected chi connectivity index (χ3v) is 3.22. The van der Waals surface area contributed by atoms with Crippen LogP contribution in [0.5, 0.6) is 0 Å². The summed E-state index contributed by atoms with van der Waals surface area (Å²) >= 11 is 5.90. The summed E-state index contributed by atoms with van der Waals surface area (Å²) in [6.45, 7) is 1.25. The Morgan fingerprint density at radius 3 is 2.60 bits per heavy atom. The lowest BCUT2D eigenvalue weighted by Crippen LogP contribution is -2.13. The van der Waals surface area contributed by atoms with Gasteiger partial charge in [0.15, 0.2) is 0 Å². The maximum atomic E-state index is 13.7. The fourth-order valence-electron chi connectivity index (χ4n) is 2.04. The van der Waals surface area contributed by atoms with Gasteiger partial charge in [0.2, 0.25) is 0 Å². The average molecular weight is 293 g/mol. The van der Waals surface area contributed by atoms with E-state index in [4.69, 9.17) is 11.6 Å². The van der Waals surface area contributed by atoms with Crippen molar-refractivity contribution in [1.82, 2.24) is 4.90 Å². The van der Waals surface area contributed by atoms with E-state index in [9.17, 15) is 4.39 Å². The van der Waals surface area contributed by atoms with Gasteiger partial charge in [0.05, 0.1) is 0 Å². The topological polar surface area (TPSA) is 15.3 Å². The number of benzene rings is 2. The quantitative estimate of drug-likeness (QED) is 0.890. The third kappa shape index (κ3) is 3.95. The Morgan fingerprint density at radius 2 is 1.85 bits per heavy atom. The first kappa shape index (κ1) is 14.8. The lowest BCUT2D eigenvalue weighted by molar-refractivity contribution is 0.403. The third-order valence-electron chi connectivity index (χ3n) is 2.98. The molecule has 0 atom stereocenters. The van der Waals surface area contributed by atoms with Crippen LogP contribution in [0.3, 0.4) is 0 Å². The highest BCUT2D eigenvalue weighted by atomic mass is 35.5. The van der Waals surface area contributed by atoms with Gasteiger partial charge in [-0.2, -0.15) is 0 Å². The molecule has 0 saturated heterocycles. The van der Waals surface area contributed by atoms with Crippen LogP contribution in [-0.2, 0) is 13.1 Å². The lowest BCUT2D eigenvalue weighted by atomic mass is 10.1. The molecule has 0 aromatic heterocycles. The first-order valence-corrected chi connectivity index (χ1v) is 6.84. The van der Waals surface area contributed by atoms with E-state index >= 15 is 0 Å². The molecule has 0 spiro atoms. The second kappa shape index (κ2) is 6.73. The molecule has 0 amide bonds. The Hall–Kier alpha value is -1.58. The van der Waals surface area contributed by atoms with Gasteiger partial charge in [-0.15, -0.1) is 0 Å². The van der Waals surface area contributed by atoms with Gasteiger partial charge in [0, 0.05) is 29.4 Å². The summed E-state index contributed by atoms with van der Waals surface area (Å²) in [7, 11) is 4.04. The molecule has 2 nitrogen and oxygen atoms in total. The van der Waals surface area contributed by atoms with Crippen LogP contribution in [-0.4, -0.2) is 19.0 Å². The summed E-state index contributed by atoms with van der Waals surface area (Å²) in [5, 5.41) is 3.82. The number of hydrogen-bond acceptors (Lipinski definition) is 2. The smallest absolute Gasteiger partial charge is 0.128 e. The zero-order valence-corrected chi connectivity index (χ0v) is 12.4. The van der Waals surface area contributed by atoms with Crippen LogP contribution < -0.4 is 5.32 Å². The summed E-state index contributed by atoms with van der Waals surface area (Å²) < 4.78 is 13.7. The van der Waals surface area contributed by atoms with Crippen molar-refractivity contribution in [2.45, 2.75) is 13.1 Å². The lowest BCUT2D eigenvalue weighted by Gasteiger charge is -2.15. The van der Waals surface area contributed by atoms with Gasteiger partial charge in [-0.1, -0.05) is 29.8 Å². The first-order chi connectivity index (χ1) is 9.56. The molecular formula is C16H18ClFN2. The van der Waals surface area contributed by atoms with E-state index in [-0.39, 0.29) is 5.82 Å². The van der Waals surface area contributed by atoms with Crippen molar-refractivity contribution >= 4 is 17.3 Å². The Labute approximate surface area is 124 Å². The van der Waals surface area contributed by atoms with Gasteiger partial charge < -0.3 is 10.2 Å². The van der Waals surface area contributed by atoms with E-state index < -0.39 is 0 Å². The zero-order valence-electron chi connectivity index (χ0n) is 11.7. The van der Waals surface area contributed by atoms with Crippen molar-refractivity contribution in [3.05, 3.63) is 64.4 Å². The SMILES string of the molecule is CN(C)Cc1ccccc1NCc1cc(Cl)ccc1F. The van der Waals surface area contributed by atoms with Crippen molar-refractivity contribution in [2.75, 3.05) is 19.4 Å². The van der Waals surface area contributed by atoms with Crippen LogP contribution in [0.2, 0.25) is 5.02 Å². The molecule has 1 N–H and O–H groups in total. The predicted octanol–water partition coefficient (Wildman–Crippen LogP) is 4.15. The maximum absolute atomic E-state index is 13.7. The summed E-state index contributed by atoms with van der Waals surface area (Å²) in [5.41, 5.74) is 2.76. The number of nitrogens with zero attached hydrogens (tertiary/aromatic N) is 1.